The van der Waals surface area contributed by atoms with Gasteiger partial charge < -0.3 is 5.73 Å². The third-order valence-corrected chi connectivity index (χ3v) is 3.33. The minimum absolute atomic E-state index is 0.195. The molecule has 0 saturated carbocycles. The summed E-state index contributed by atoms with van der Waals surface area (Å²) in [7, 11) is -3.22. The van der Waals surface area contributed by atoms with Gasteiger partial charge in [0.15, 0.2) is 9.84 Å². The Morgan fingerprint density at radius 1 is 1.64 bits per heavy atom. The molecule has 0 aliphatic heterocycles. The van der Waals surface area contributed by atoms with Gasteiger partial charge in [-0.25, -0.2) is 8.42 Å². The van der Waals surface area contributed by atoms with Gasteiger partial charge >= 0.3 is 0 Å². The molecule has 78 valence electrons. The van der Waals surface area contributed by atoms with Crippen molar-refractivity contribution < 1.29 is 13.2 Å². The summed E-state index contributed by atoms with van der Waals surface area (Å²) in [6, 6.07) is 0. The maximum atomic E-state index is 11.1. The number of nitrogens with zero attached hydrogens (tertiary/aromatic N) is 2. The van der Waals surface area contributed by atoms with Gasteiger partial charge in [-0.3, -0.25) is 9.48 Å². The first-order chi connectivity index (χ1) is 6.32. The number of rotatable bonds is 3. The molecule has 0 fully saturated rings. The van der Waals surface area contributed by atoms with Crippen molar-refractivity contribution in [3.63, 3.8) is 0 Å². The van der Waals surface area contributed by atoms with Crippen LogP contribution in [-0.2, 0) is 9.84 Å². The van der Waals surface area contributed by atoms with Gasteiger partial charge in [0, 0.05) is 12.5 Å². The Morgan fingerprint density at radius 3 is 2.57 bits per heavy atom. The first-order valence-electron chi connectivity index (χ1n) is 3.85. The summed E-state index contributed by atoms with van der Waals surface area (Å²) >= 11 is 0. The molecule has 1 heterocycles. The van der Waals surface area contributed by atoms with E-state index in [1.54, 1.807) is 0 Å². The Bertz CT molecular complexity index is 449. The highest BCUT2D eigenvalue weighted by Gasteiger charge is 2.18. The molecule has 1 atom stereocenters. The zero-order chi connectivity index (χ0) is 10.9. The molecule has 2 N–H and O–H groups in total. The van der Waals surface area contributed by atoms with Crippen LogP contribution in [0.5, 0.6) is 0 Å². The number of carbonyl (C=O) groups excluding carboxylic acids is 1. The molecule has 1 aromatic rings. The van der Waals surface area contributed by atoms with Crippen LogP contribution in [0.25, 0.3) is 0 Å². The van der Waals surface area contributed by atoms with Crippen LogP contribution in [0.4, 0.5) is 0 Å². The highest BCUT2D eigenvalue weighted by Crippen LogP contribution is 2.12. The topological polar surface area (TPSA) is 95.0 Å². The van der Waals surface area contributed by atoms with E-state index in [1.165, 1.54) is 24.0 Å². The van der Waals surface area contributed by atoms with E-state index in [9.17, 15) is 13.2 Å². The van der Waals surface area contributed by atoms with Gasteiger partial charge in [-0.05, 0) is 6.92 Å². The van der Waals surface area contributed by atoms with E-state index in [-0.39, 0.29) is 5.56 Å². The summed E-state index contributed by atoms with van der Waals surface area (Å²) in [5.74, 6) is -0.628. The second-order valence-electron chi connectivity index (χ2n) is 3.00. The zero-order valence-corrected chi connectivity index (χ0v) is 8.65. The van der Waals surface area contributed by atoms with E-state index < -0.39 is 21.1 Å². The zero-order valence-electron chi connectivity index (χ0n) is 7.84. The average molecular weight is 217 g/mol. The number of amides is 1. The van der Waals surface area contributed by atoms with Crippen LogP contribution in [0.1, 0.15) is 22.7 Å². The molecule has 0 aliphatic rings. The van der Waals surface area contributed by atoms with Crippen molar-refractivity contribution in [3.8, 4) is 0 Å². The molecule has 6 nitrogen and oxygen atoms in total. The lowest BCUT2D eigenvalue weighted by Crippen LogP contribution is -2.16. The molecule has 0 saturated heterocycles. The second kappa shape index (κ2) is 3.41. The van der Waals surface area contributed by atoms with Crippen molar-refractivity contribution in [2.24, 2.45) is 5.73 Å². The largest absolute Gasteiger partial charge is 0.366 e. The number of carbonyl (C=O) groups is 1. The predicted octanol–water partition coefficient (Wildman–Crippen LogP) is -0.455. The summed E-state index contributed by atoms with van der Waals surface area (Å²) in [6.45, 7) is 1.48. The summed E-state index contributed by atoms with van der Waals surface area (Å²) in [6.07, 6.45) is 3.65. The Morgan fingerprint density at radius 2 is 2.21 bits per heavy atom. The smallest absolute Gasteiger partial charge is 0.251 e. The second-order valence-corrected chi connectivity index (χ2v) is 5.34. The van der Waals surface area contributed by atoms with E-state index in [1.807, 2.05) is 0 Å². The minimum atomic E-state index is -3.22. The first-order valence-corrected chi connectivity index (χ1v) is 5.80. The van der Waals surface area contributed by atoms with Crippen LogP contribution in [-0.4, -0.2) is 30.4 Å². The Kier molecular flexibility index (Phi) is 2.61. The molecule has 7 heteroatoms. The lowest BCUT2D eigenvalue weighted by Gasteiger charge is -2.08. The Balaban J connectivity index is 3.04. The molecular weight excluding hydrogens is 206 g/mol. The van der Waals surface area contributed by atoms with E-state index in [2.05, 4.69) is 5.10 Å². The van der Waals surface area contributed by atoms with Crippen LogP contribution in [0.15, 0.2) is 12.4 Å². The van der Waals surface area contributed by atoms with Gasteiger partial charge in [0.1, 0.15) is 5.37 Å². The van der Waals surface area contributed by atoms with Gasteiger partial charge in [0.25, 0.3) is 5.91 Å². The van der Waals surface area contributed by atoms with Crippen molar-refractivity contribution in [1.82, 2.24) is 9.78 Å². The van der Waals surface area contributed by atoms with Crippen molar-refractivity contribution in [3.05, 3.63) is 18.0 Å². The fourth-order valence-corrected chi connectivity index (χ4v) is 1.37. The monoisotopic (exact) mass is 217 g/mol. The SMILES string of the molecule is CC(n1cc(C(N)=O)cn1)S(C)(=O)=O. The molecule has 1 aromatic heterocycles. The normalized spacial score (nSPS) is 13.9. The van der Waals surface area contributed by atoms with E-state index in [0.717, 1.165) is 6.26 Å². The van der Waals surface area contributed by atoms with Crippen molar-refractivity contribution in [2.45, 2.75) is 12.3 Å². The summed E-state index contributed by atoms with van der Waals surface area (Å²) in [5, 5.41) is 2.94. The average Bonchev–Trinajstić information content (AvgIpc) is 2.48. The predicted molar refractivity (Wildman–Crippen MR) is 50.3 cm³/mol. The van der Waals surface area contributed by atoms with Crippen LogP contribution in [0.2, 0.25) is 0 Å². The molecule has 14 heavy (non-hydrogen) atoms. The molecule has 0 aromatic carbocycles. The highest BCUT2D eigenvalue weighted by molar-refractivity contribution is 7.90. The van der Waals surface area contributed by atoms with Gasteiger partial charge in [-0.1, -0.05) is 0 Å². The number of primary amides is 1. The maximum absolute atomic E-state index is 11.1. The van der Waals surface area contributed by atoms with Crippen molar-refractivity contribution in [2.75, 3.05) is 6.26 Å². The third kappa shape index (κ3) is 2.11. The number of sulfone groups is 1. The third-order valence-electron chi connectivity index (χ3n) is 1.88. The van der Waals surface area contributed by atoms with Gasteiger partial charge in [0.05, 0.1) is 11.8 Å². The molecule has 0 spiro atoms. The first kappa shape index (κ1) is 10.7. The van der Waals surface area contributed by atoms with E-state index in [4.69, 9.17) is 5.73 Å². The fourth-order valence-electron chi connectivity index (χ4n) is 0.860. The van der Waals surface area contributed by atoms with Crippen LogP contribution < -0.4 is 5.73 Å². The number of hydrogen-bond acceptors (Lipinski definition) is 4. The Labute approximate surface area is 81.6 Å². The molecule has 1 amide bonds. The quantitative estimate of drug-likeness (QED) is 0.741. The number of aromatic nitrogens is 2. The van der Waals surface area contributed by atoms with E-state index >= 15 is 0 Å². The highest BCUT2D eigenvalue weighted by atomic mass is 32.2. The number of hydrogen-bond donors (Lipinski definition) is 1. The molecule has 1 rings (SSSR count). The standard InChI is InChI=1S/C7H11N3O3S/c1-5(14(2,12)13)10-4-6(3-9-10)7(8)11/h3-5H,1-2H3,(H2,8,11). The van der Waals surface area contributed by atoms with Crippen LogP contribution >= 0.6 is 0 Å². The van der Waals surface area contributed by atoms with Crippen LogP contribution in [0, 0.1) is 0 Å². The molecule has 1 unspecified atom stereocenters. The summed E-state index contributed by atoms with van der Waals surface area (Å²) in [5.41, 5.74) is 5.19. The number of nitrogens with two attached hydrogens (primary N) is 1. The van der Waals surface area contributed by atoms with Gasteiger partial charge in [-0.2, -0.15) is 5.10 Å². The van der Waals surface area contributed by atoms with E-state index in [0.29, 0.717) is 0 Å². The molecule has 0 bridgehead atoms. The molecular formula is C7H11N3O3S. The summed E-state index contributed by atoms with van der Waals surface area (Å²) < 4.78 is 23.5. The molecule has 0 radical (unpaired) electrons. The van der Waals surface area contributed by atoms with Gasteiger partial charge in [-0.15, -0.1) is 0 Å². The van der Waals surface area contributed by atoms with Crippen molar-refractivity contribution in [1.29, 1.82) is 0 Å². The maximum Gasteiger partial charge on any atom is 0.251 e. The molecule has 0 aliphatic carbocycles. The lowest BCUT2D eigenvalue weighted by atomic mass is 10.3. The summed E-state index contributed by atoms with van der Waals surface area (Å²) in [4.78, 5) is 10.7. The Hall–Kier alpha value is -1.37. The van der Waals surface area contributed by atoms with Crippen LogP contribution in [0.3, 0.4) is 0 Å². The lowest BCUT2D eigenvalue weighted by molar-refractivity contribution is 0.1000. The van der Waals surface area contributed by atoms with Crippen molar-refractivity contribution >= 4 is 15.7 Å². The minimum Gasteiger partial charge on any atom is -0.366 e. The fraction of sp³-hybridized carbons (Fsp3) is 0.429. The van der Waals surface area contributed by atoms with Gasteiger partial charge in [0.2, 0.25) is 0 Å².